The van der Waals surface area contributed by atoms with E-state index in [1.165, 1.54) is 5.56 Å². The molecule has 2 aliphatic heterocycles. The molecule has 0 aliphatic carbocycles. The van der Waals surface area contributed by atoms with Crippen molar-refractivity contribution in [1.82, 2.24) is 9.80 Å². The van der Waals surface area contributed by atoms with Crippen LogP contribution in [0.4, 0.5) is 5.69 Å². The minimum absolute atomic E-state index is 0.0621. The summed E-state index contributed by atoms with van der Waals surface area (Å²) < 4.78 is 11.8. The maximum Gasteiger partial charge on any atom is 0.253 e. The van der Waals surface area contributed by atoms with Crippen LogP contribution in [0.25, 0.3) is 0 Å². The van der Waals surface area contributed by atoms with E-state index >= 15 is 0 Å². The largest absolute Gasteiger partial charge is 0.497 e. The number of ether oxygens (including phenoxy) is 2. The molecule has 0 atom stereocenters. The van der Waals surface area contributed by atoms with E-state index in [1.807, 2.05) is 60.4 Å². The summed E-state index contributed by atoms with van der Waals surface area (Å²) in [4.78, 5) is 22.4. The molecule has 36 heavy (non-hydrogen) atoms. The average molecular weight is 484 g/mol. The van der Waals surface area contributed by atoms with Crippen LogP contribution >= 0.6 is 0 Å². The van der Waals surface area contributed by atoms with Crippen LogP contribution in [0.3, 0.4) is 0 Å². The van der Waals surface area contributed by atoms with Crippen LogP contribution in [0, 0.1) is 6.92 Å². The van der Waals surface area contributed by atoms with Crippen molar-refractivity contribution in [2.45, 2.75) is 33.1 Å². The Balaban J connectivity index is 1.39. The SMILES string of the molecule is COc1ccc2c(c1)C(N1CCN(C(=O)c3ccc(C(C)(C)C)cc3)CC1)=Nc1ccc(C)cc1O2. The van der Waals surface area contributed by atoms with E-state index in [2.05, 4.69) is 37.8 Å². The first-order valence-electron chi connectivity index (χ1n) is 12.4. The van der Waals surface area contributed by atoms with E-state index in [9.17, 15) is 4.79 Å². The number of amides is 1. The van der Waals surface area contributed by atoms with E-state index < -0.39 is 0 Å². The quantitative estimate of drug-likeness (QED) is 0.452. The first kappa shape index (κ1) is 23.9. The van der Waals surface area contributed by atoms with Crippen molar-refractivity contribution in [3.63, 3.8) is 0 Å². The van der Waals surface area contributed by atoms with Gasteiger partial charge in [-0.05, 0) is 65.9 Å². The molecule has 0 radical (unpaired) electrons. The van der Waals surface area contributed by atoms with E-state index in [4.69, 9.17) is 14.5 Å². The number of hydrogen-bond donors (Lipinski definition) is 0. The molecule has 6 nitrogen and oxygen atoms in total. The second kappa shape index (κ2) is 9.34. The van der Waals surface area contributed by atoms with Crippen LogP contribution in [0.2, 0.25) is 0 Å². The molecule has 0 aromatic heterocycles. The van der Waals surface area contributed by atoms with Gasteiger partial charge >= 0.3 is 0 Å². The molecular weight excluding hydrogens is 450 g/mol. The van der Waals surface area contributed by atoms with Crippen LogP contribution in [0.15, 0.2) is 65.7 Å². The average Bonchev–Trinajstić information content (AvgIpc) is 3.03. The number of amidine groups is 1. The van der Waals surface area contributed by atoms with E-state index in [0.29, 0.717) is 26.2 Å². The monoisotopic (exact) mass is 483 g/mol. The Kier molecular flexibility index (Phi) is 6.20. The maximum absolute atomic E-state index is 13.2. The molecule has 3 aromatic carbocycles. The van der Waals surface area contributed by atoms with Gasteiger partial charge in [0.2, 0.25) is 0 Å². The van der Waals surface area contributed by atoms with Gasteiger partial charge in [-0.25, -0.2) is 4.99 Å². The second-order valence-corrected chi connectivity index (χ2v) is 10.5. The van der Waals surface area contributed by atoms with Gasteiger partial charge in [0.1, 0.15) is 23.0 Å². The van der Waals surface area contributed by atoms with Crippen molar-refractivity contribution in [2.24, 2.45) is 4.99 Å². The molecular formula is C30H33N3O3. The number of rotatable bonds is 2. The number of piperazine rings is 1. The van der Waals surface area contributed by atoms with Crippen molar-refractivity contribution < 1.29 is 14.3 Å². The number of aliphatic imine (C=N–C) groups is 1. The Morgan fingerprint density at radius 3 is 2.31 bits per heavy atom. The van der Waals surface area contributed by atoms with Gasteiger partial charge in [0.15, 0.2) is 5.75 Å². The highest BCUT2D eigenvalue weighted by atomic mass is 16.5. The molecule has 5 rings (SSSR count). The molecule has 0 N–H and O–H groups in total. The molecule has 2 aliphatic rings. The number of fused-ring (bicyclic) bond motifs is 2. The minimum Gasteiger partial charge on any atom is -0.497 e. The molecule has 1 amide bonds. The van der Waals surface area contributed by atoms with Gasteiger partial charge in [0.05, 0.1) is 12.7 Å². The number of carbonyl (C=O) groups is 1. The zero-order chi connectivity index (χ0) is 25.4. The predicted octanol–water partition coefficient (Wildman–Crippen LogP) is 5.94. The lowest BCUT2D eigenvalue weighted by Crippen LogP contribution is -2.50. The third-order valence-electron chi connectivity index (χ3n) is 6.85. The lowest BCUT2D eigenvalue weighted by molar-refractivity contribution is 0.0692. The summed E-state index contributed by atoms with van der Waals surface area (Å²) in [5.41, 5.74) is 4.82. The molecule has 2 heterocycles. The summed E-state index contributed by atoms with van der Waals surface area (Å²) in [6.45, 7) is 11.2. The molecule has 1 fully saturated rings. The normalized spacial score (nSPS) is 15.3. The summed E-state index contributed by atoms with van der Waals surface area (Å²) >= 11 is 0. The lowest BCUT2D eigenvalue weighted by atomic mass is 9.86. The Bertz CT molecular complexity index is 1310. The van der Waals surface area contributed by atoms with Gasteiger partial charge < -0.3 is 19.3 Å². The van der Waals surface area contributed by atoms with Crippen LogP contribution < -0.4 is 9.47 Å². The maximum atomic E-state index is 13.2. The van der Waals surface area contributed by atoms with E-state index in [-0.39, 0.29) is 11.3 Å². The molecule has 3 aromatic rings. The molecule has 0 saturated carbocycles. The molecule has 6 heteroatoms. The van der Waals surface area contributed by atoms with E-state index in [1.54, 1.807) is 7.11 Å². The van der Waals surface area contributed by atoms with Crippen LogP contribution in [0.5, 0.6) is 17.2 Å². The Morgan fingerprint density at radius 1 is 0.917 bits per heavy atom. The van der Waals surface area contributed by atoms with Crippen molar-refractivity contribution in [2.75, 3.05) is 33.3 Å². The smallest absolute Gasteiger partial charge is 0.253 e. The highest BCUT2D eigenvalue weighted by Crippen LogP contribution is 2.40. The highest BCUT2D eigenvalue weighted by Gasteiger charge is 2.28. The molecule has 0 unspecified atom stereocenters. The summed E-state index contributed by atoms with van der Waals surface area (Å²) in [6, 6.07) is 19.9. The van der Waals surface area contributed by atoms with Gasteiger partial charge in [0, 0.05) is 31.7 Å². The number of benzene rings is 3. The molecule has 1 saturated heterocycles. The summed E-state index contributed by atoms with van der Waals surface area (Å²) in [5, 5.41) is 0. The van der Waals surface area contributed by atoms with Crippen molar-refractivity contribution >= 4 is 17.4 Å². The van der Waals surface area contributed by atoms with Crippen molar-refractivity contribution in [1.29, 1.82) is 0 Å². The van der Waals surface area contributed by atoms with Gasteiger partial charge in [-0.15, -0.1) is 0 Å². The Morgan fingerprint density at radius 2 is 1.64 bits per heavy atom. The number of methoxy groups -OCH3 is 1. The fourth-order valence-corrected chi connectivity index (χ4v) is 4.65. The molecule has 0 bridgehead atoms. The minimum atomic E-state index is 0.0621. The predicted molar refractivity (Wildman–Crippen MR) is 143 cm³/mol. The summed E-state index contributed by atoms with van der Waals surface area (Å²) in [5.74, 6) is 3.15. The standard InChI is InChI=1S/C30H33N3O3/c1-20-6-12-25-27(18-20)36-26-13-11-23(35-5)19-24(26)28(31-25)32-14-16-33(17-15-32)29(34)21-7-9-22(10-8-21)30(2,3)4/h6-13,18-19H,14-17H2,1-5H3. The second-order valence-electron chi connectivity index (χ2n) is 10.5. The third kappa shape index (κ3) is 4.68. The van der Waals surface area contributed by atoms with Crippen molar-refractivity contribution in [3.8, 4) is 17.2 Å². The third-order valence-corrected chi connectivity index (χ3v) is 6.85. The Labute approximate surface area is 213 Å². The number of carbonyl (C=O) groups excluding carboxylic acids is 1. The molecule has 186 valence electrons. The van der Waals surface area contributed by atoms with Crippen LogP contribution in [-0.4, -0.2) is 54.8 Å². The van der Waals surface area contributed by atoms with Gasteiger partial charge in [-0.3, -0.25) is 4.79 Å². The first-order chi connectivity index (χ1) is 17.2. The van der Waals surface area contributed by atoms with Gasteiger partial charge in [0.25, 0.3) is 5.91 Å². The number of aryl methyl sites for hydroxylation is 1. The fraction of sp³-hybridized carbons (Fsp3) is 0.333. The van der Waals surface area contributed by atoms with Crippen molar-refractivity contribution in [3.05, 3.63) is 82.9 Å². The van der Waals surface area contributed by atoms with E-state index in [0.717, 1.165) is 45.5 Å². The topological polar surface area (TPSA) is 54.4 Å². The number of nitrogens with zero attached hydrogens (tertiary/aromatic N) is 3. The molecule has 0 spiro atoms. The van der Waals surface area contributed by atoms with Crippen LogP contribution in [0.1, 0.15) is 47.8 Å². The van der Waals surface area contributed by atoms with Gasteiger partial charge in [-0.1, -0.05) is 39.0 Å². The lowest BCUT2D eigenvalue weighted by Gasteiger charge is -2.36. The highest BCUT2D eigenvalue weighted by molar-refractivity contribution is 6.04. The number of hydrogen-bond acceptors (Lipinski definition) is 5. The van der Waals surface area contributed by atoms with Gasteiger partial charge in [-0.2, -0.15) is 0 Å². The summed E-state index contributed by atoms with van der Waals surface area (Å²) in [6.07, 6.45) is 0. The zero-order valence-electron chi connectivity index (χ0n) is 21.7. The zero-order valence-corrected chi connectivity index (χ0v) is 21.7. The summed E-state index contributed by atoms with van der Waals surface area (Å²) in [7, 11) is 1.66. The van der Waals surface area contributed by atoms with Crippen LogP contribution in [-0.2, 0) is 5.41 Å². The first-order valence-corrected chi connectivity index (χ1v) is 12.4. The Hall–Kier alpha value is -3.80. The fourth-order valence-electron chi connectivity index (χ4n) is 4.65.